The summed E-state index contributed by atoms with van der Waals surface area (Å²) in [6.07, 6.45) is -0.598. The van der Waals surface area contributed by atoms with E-state index in [0.29, 0.717) is 11.0 Å². The number of hydrogen-bond donors (Lipinski definition) is 1. The molecule has 1 unspecified atom stereocenters. The van der Waals surface area contributed by atoms with Gasteiger partial charge < -0.3 is 10.1 Å². The first-order valence-electron chi connectivity index (χ1n) is 5.98. The summed E-state index contributed by atoms with van der Waals surface area (Å²) >= 11 is 2.58. The third-order valence-electron chi connectivity index (χ3n) is 2.26. The van der Waals surface area contributed by atoms with Crippen molar-refractivity contribution in [3.63, 3.8) is 0 Å². The molecular weight excluding hydrogens is 300 g/mol. The van der Waals surface area contributed by atoms with Crippen molar-refractivity contribution in [1.82, 2.24) is 15.5 Å². The Hall–Kier alpha value is -1.35. The molecule has 1 atom stereocenters. The van der Waals surface area contributed by atoms with Crippen LogP contribution in [0, 0.1) is 6.92 Å². The number of aryl methyl sites for hydroxylation is 1. The first-order valence-corrected chi connectivity index (χ1v) is 7.85. The molecule has 20 heavy (non-hydrogen) atoms. The lowest BCUT2D eigenvalue weighted by Crippen LogP contribution is -2.43. The zero-order valence-electron chi connectivity index (χ0n) is 11.7. The summed E-state index contributed by atoms with van der Waals surface area (Å²) in [5.41, 5.74) is -1.24. The molecule has 1 aliphatic rings. The normalized spacial score (nSPS) is 19.3. The van der Waals surface area contributed by atoms with E-state index >= 15 is 0 Å². The average Bonchev–Trinajstić information content (AvgIpc) is 2.84. The van der Waals surface area contributed by atoms with Gasteiger partial charge in [0, 0.05) is 5.54 Å². The van der Waals surface area contributed by atoms with Crippen molar-refractivity contribution in [3.8, 4) is 0 Å². The first kappa shape index (κ1) is 15.0. The highest BCUT2D eigenvalue weighted by atomic mass is 32.2. The van der Waals surface area contributed by atoms with Crippen LogP contribution in [0.15, 0.2) is 0 Å². The third-order valence-corrected chi connectivity index (χ3v) is 4.13. The molecule has 0 spiro atoms. The third kappa shape index (κ3) is 3.60. The van der Waals surface area contributed by atoms with Crippen LogP contribution in [0.25, 0.3) is 0 Å². The number of hydrogen-bond acceptors (Lipinski definition) is 7. The van der Waals surface area contributed by atoms with Gasteiger partial charge in [0.25, 0.3) is 5.91 Å². The standard InChI is InChI=1S/C11H16N4O3S2/c1-6-13-14-9(20-6)15-5-19-8(7(15)16)18-10(17)12-11(2,3)4/h8H,5H2,1-4H3,(H,12,17). The number of nitrogens with one attached hydrogen (secondary N) is 1. The molecular formula is C11H16N4O3S2. The van der Waals surface area contributed by atoms with Gasteiger partial charge in [0.15, 0.2) is 0 Å². The van der Waals surface area contributed by atoms with Crippen molar-refractivity contribution in [2.24, 2.45) is 0 Å². The fourth-order valence-electron chi connectivity index (χ4n) is 1.47. The second-order valence-corrected chi connectivity index (χ2v) is 7.46. The fourth-order valence-corrected chi connectivity index (χ4v) is 3.20. The molecule has 7 nitrogen and oxygen atoms in total. The largest absolute Gasteiger partial charge is 0.425 e. The van der Waals surface area contributed by atoms with E-state index in [2.05, 4.69) is 15.5 Å². The van der Waals surface area contributed by atoms with Crippen LogP contribution < -0.4 is 10.2 Å². The highest BCUT2D eigenvalue weighted by molar-refractivity contribution is 8.01. The Morgan fingerprint density at radius 2 is 2.15 bits per heavy atom. The molecule has 0 bridgehead atoms. The number of thioether (sulfide) groups is 1. The molecule has 2 rings (SSSR count). The van der Waals surface area contributed by atoms with E-state index in [1.165, 1.54) is 28.0 Å². The van der Waals surface area contributed by atoms with Crippen molar-refractivity contribution in [1.29, 1.82) is 0 Å². The molecule has 1 aromatic rings. The van der Waals surface area contributed by atoms with Gasteiger partial charge in [-0.1, -0.05) is 23.1 Å². The Balaban J connectivity index is 1.96. The highest BCUT2D eigenvalue weighted by Gasteiger charge is 2.38. The zero-order chi connectivity index (χ0) is 14.9. The number of ether oxygens (including phenoxy) is 1. The van der Waals surface area contributed by atoms with Gasteiger partial charge in [-0.05, 0) is 27.7 Å². The number of carbonyl (C=O) groups is 2. The summed E-state index contributed by atoms with van der Waals surface area (Å²) in [4.78, 5) is 25.3. The molecule has 1 aromatic heterocycles. The van der Waals surface area contributed by atoms with Crippen LogP contribution >= 0.6 is 23.1 Å². The van der Waals surface area contributed by atoms with Crippen molar-refractivity contribution in [3.05, 3.63) is 5.01 Å². The number of carbonyl (C=O) groups excluding carboxylic acids is 2. The van der Waals surface area contributed by atoms with Gasteiger partial charge in [-0.15, -0.1) is 10.2 Å². The van der Waals surface area contributed by atoms with E-state index < -0.39 is 17.1 Å². The summed E-state index contributed by atoms with van der Waals surface area (Å²) in [6.45, 7) is 7.34. The van der Waals surface area contributed by atoms with E-state index in [-0.39, 0.29) is 5.91 Å². The molecule has 2 heterocycles. The first-order chi connectivity index (χ1) is 9.26. The Morgan fingerprint density at radius 3 is 2.70 bits per heavy atom. The van der Waals surface area contributed by atoms with Gasteiger partial charge in [0.2, 0.25) is 10.6 Å². The number of alkyl carbamates (subject to hydrolysis) is 1. The van der Waals surface area contributed by atoms with Crippen molar-refractivity contribution in [2.75, 3.05) is 10.8 Å². The van der Waals surface area contributed by atoms with Crippen LogP contribution in [0.4, 0.5) is 9.93 Å². The maximum atomic E-state index is 12.2. The van der Waals surface area contributed by atoms with Crippen molar-refractivity contribution < 1.29 is 14.3 Å². The maximum absolute atomic E-state index is 12.2. The van der Waals surface area contributed by atoms with E-state index in [0.717, 1.165) is 5.01 Å². The molecule has 2 amide bonds. The van der Waals surface area contributed by atoms with Crippen LogP contribution in [-0.2, 0) is 9.53 Å². The quantitative estimate of drug-likeness (QED) is 0.894. The molecule has 0 aromatic carbocycles. The average molecular weight is 316 g/mol. The minimum atomic E-state index is -0.832. The van der Waals surface area contributed by atoms with Gasteiger partial charge in [0.05, 0.1) is 5.88 Å². The van der Waals surface area contributed by atoms with Gasteiger partial charge in [-0.25, -0.2) is 4.79 Å². The smallest absolute Gasteiger partial charge is 0.409 e. The van der Waals surface area contributed by atoms with E-state index in [4.69, 9.17) is 4.74 Å². The lowest BCUT2D eigenvalue weighted by atomic mass is 10.1. The van der Waals surface area contributed by atoms with Crippen LogP contribution in [0.5, 0.6) is 0 Å². The van der Waals surface area contributed by atoms with E-state index in [9.17, 15) is 9.59 Å². The SMILES string of the molecule is Cc1nnc(N2CSC(OC(=O)NC(C)(C)C)C2=O)s1. The Bertz CT molecular complexity index is 526. The number of aromatic nitrogens is 2. The minimum Gasteiger partial charge on any atom is -0.425 e. The molecule has 0 radical (unpaired) electrons. The molecule has 110 valence electrons. The molecule has 1 saturated heterocycles. The molecule has 0 saturated carbocycles. The topological polar surface area (TPSA) is 84.4 Å². The highest BCUT2D eigenvalue weighted by Crippen LogP contribution is 2.31. The van der Waals surface area contributed by atoms with Crippen LogP contribution in [-0.4, -0.2) is 39.0 Å². The van der Waals surface area contributed by atoms with Gasteiger partial charge in [0.1, 0.15) is 5.01 Å². The van der Waals surface area contributed by atoms with Gasteiger partial charge in [-0.2, -0.15) is 0 Å². The number of rotatable bonds is 2. The molecule has 1 N–H and O–H groups in total. The number of amides is 2. The summed E-state index contributed by atoms with van der Waals surface area (Å²) in [5.74, 6) is 0.121. The number of nitrogens with zero attached hydrogens (tertiary/aromatic N) is 3. The fraction of sp³-hybridized carbons (Fsp3) is 0.636. The summed E-state index contributed by atoms with van der Waals surface area (Å²) in [5, 5.41) is 11.8. The molecule has 0 aliphatic carbocycles. The van der Waals surface area contributed by atoms with Crippen LogP contribution in [0.3, 0.4) is 0 Å². The zero-order valence-corrected chi connectivity index (χ0v) is 13.3. The molecule has 1 aliphatic heterocycles. The van der Waals surface area contributed by atoms with E-state index in [1.54, 1.807) is 0 Å². The monoisotopic (exact) mass is 316 g/mol. The summed E-state index contributed by atoms with van der Waals surface area (Å²) in [7, 11) is 0. The lowest BCUT2D eigenvalue weighted by molar-refractivity contribution is -0.122. The second kappa shape index (κ2) is 5.57. The summed E-state index contributed by atoms with van der Waals surface area (Å²) < 4.78 is 5.14. The minimum absolute atomic E-state index is 0.282. The Labute approximate surface area is 125 Å². The molecule has 9 heteroatoms. The Kier molecular flexibility index (Phi) is 4.19. The van der Waals surface area contributed by atoms with Crippen LogP contribution in [0.2, 0.25) is 0 Å². The maximum Gasteiger partial charge on any atom is 0.409 e. The summed E-state index contributed by atoms with van der Waals surface area (Å²) in [6, 6.07) is 0. The molecule has 1 fully saturated rings. The van der Waals surface area contributed by atoms with Crippen molar-refractivity contribution in [2.45, 2.75) is 38.7 Å². The lowest BCUT2D eigenvalue weighted by Gasteiger charge is -2.21. The predicted octanol–water partition coefficient (Wildman–Crippen LogP) is 1.73. The van der Waals surface area contributed by atoms with Crippen molar-refractivity contribution >= 4 is 40.2 Å². The van der Waals surface area contributed by atoms with E-state index in [1.807, 2.05) is 27.7 Å². The van der Waals surface area contributed by atoms with Gasteiger partial charge in [-0.3, -0.25) is 9.69 Å². The Morgan fingerprint density at radius 1 is 1.45 bits per heavy atom. The van der Waals surface area contributed by atoms with Crippen LogP contribution in [0.1, 0.15) is 25.8 Å². The van der Waals surface area contributed by atoms with Gasteiger partial charge >= 0.3 is 6.09 Å². The predicted molar refractivity (Wildman–Crippen MR) is 77.7 cm³/mol. The second-order valence-electron chi connectivity index (χ2n) is 5.28. The number of anilines is 1.